The first-order valence-electron chi connectivity index (χ1n) is 10.1. The van der Waals surface area contributed by atoms with Gasteiger partial charge in [0, 0.05) is 23.7 Å². The normalized spacial score (nSPS) is 38.8. The second-order valence-electron chi connectivity index (χ2n) is 9.17. The second kappa shape index (κ2) is 4.95. The van der Waals surface area contributed by atoms with Gasteiger partial charge in [-0.15, -0.1) is 0 Å². The number of ketones is 1. The number of phenolic OH excluding ortho intramolecular Hbond substituents is 1. The maximum Gasteiger partial charge on any atom is 0.166 e. The number of rotatable bonds is 3. The fourth-order valence-corrected chi connectivity index (χ4v) is 6.44. The van der Waals surface area contributed by atoms with Crippen LogP contribution in [0.2, 0.25) is 0 Å². The van der Waals surface area contributed by atoms with E-state index in [1.165, 1.54) is 12.8 Å². The Bertz CT molecular complexity index is 904. The van der Waals surface area contributed by atoms with Crippen molar-refractivity contribution in [1.82, 2.24) is 4.90 Å². The molecule has 1 spiro atoms. The quantitative estimate of drug-likeness (QED) is 0.856. The molecule has 142 valence electrons. The van der Waals surface area contributed by atoms with Crippen LogP contribution in [0.25, 0.3) is 0 Å². The average molecular weight is 367 g/mol. The highest BCUT2D eigenvalue weighted by molar-refractivity contribution is 5.95. The zero-order valence-electron chi connectivity index (χ0n) is 15.6. The summed E-state index contributed by atoms with van der Waals surface area (Å²) >= 11 is 0. The molecule has 1 aromatic rings. The molecule has 2 aliphatic heterocycles. The van der Waals surface area contributed by atoms with E-state index in [0.717, 1.165) is 43.0 Å². The number of carbonyl (C=O) groups excluding carboxylic acids is 1. The van der Waals surface area contributed by atoms with Crippen molar-refractivity contribution in [3.05, 3.63) is 34.9 Å². The molecule has 0 aromatic heterocycles. The number of hydrogen-bond acceptors (Lipinski definition) is 5. The van der Waals surface area contributed by atoms with Gasteiger partial charge in [0.15, 0.2) is 17.3 Å². The molecule has 1 aromatic carbocycles. The van der Waals surface area contributed by atoms with E-state index in [-0.39, 0.29) is 17.6 Å². The summed E-state index contributed by atoms with van der Waals surface area (Å²) in [6, 6.07) is 3.72. The highest BCUT2D eigenvalue weighted by Gasteiger charge is 2.72. The molecule has 5 nitrogen and oxygen atoms in total. The number of aliphatic hydroxyl groups is 1. The molecule has 27 heavy (non-hydrogen) atoms. The van der Waals surface area contributed by atoms with Crippen LogP contribution in [0.1, 0.15) is 43.7 Å². The molecular weight excluding hydrogens is 342 g/mol. The Hall–Kier alpha value is -1.85. The van der Waals surface area contributed by atoms with Crippen LogP contribution in [0.15, 0.2) is 23.8 Å². The predicted octanol–water partition coefficient (Wildman–Crippen LogP) is 2.08. The molecule has 1 saturated carbocycles. The summed E-state index contributed by atoms with van der Waals surface area (Å²) in [6.45, 7) is 3.53. The minimum Gasteiger partial charge on any atom is -0.504 e. The fraction of sp³-hybridized carbons (Fsp3) is 0.591. The van der Waals surface area contributed by atoms with Crippen molar-refractivity contribution in [2.45, 2.75) is 62.2 Å². The third-order valence-electron chi connectivity index (χ3n) is 7.84. The molecule has 0 amide bonds. The Morgan fingerprint density at radius 3 is 2.93 bits per heavy atom. The minimum absolute atomic E-state index is 0.00666. The minimum atomic E-state index is -0.962. The zero-order valence-corrected chi connectivity index (χ0v) is 15.6. The topological polar surface area (TPSA) is 70.0 Å². The van der Waals surface area contributed by atoms with Crippen molar-refractivity contribution in [3.8, 4) is 11.5 Å². The number of nitrogens with zero attached hydrogens (tertiary/aromatic N) is 1. The van der Waals surface area contributed by atoms with E-state index in [1.54, 1.807) is 13.0 Å². The largest absolute Gasteiger partial charge is 0.504 e. The van der Waals surface area contributed by atoms with E-state index in [9.17, 15) is 15.0 Å². The van der Waals surface area contributed by atoms with E-state index in [2.05, 4.69) is 4.90 Å². The maximum absolute atomic E-state index is 12.4. The van der Waals surface area contributed by atoms with Gasteiger partial charge in [0.25, 0.3) is 0 Å². The Kier molecular flexibility index (Phi) is 2.96. The van der Waals surface area contributed by atoms with Crippen molar-refractivity contribution in [3.63, 3.8) is 0 Å². The van der Waals surface area contributed by atoms with Crippen LogP contribution in [0.3, 0.4) is 0 Å². The number of benzene rings is 1. The molecule has 1 saturated heterocycles. The Morgan fingerprint density at radius 2 is 2.19 bits per heavy atom. The van der Waals surface area contributed by atoms with Crippen molar-refractivity contribution in [2.75, 3.05) is 13.1 Å². The number of ether oxygens (including phenoxy) is 1. The number of Topliss-reactive ketones (excluding diaryl/α,β-unsaturated/α-hetero) is 1. The predicted molar refractivity (Wildman–Crippen MR) is 98.9 cm³/mol. The van der Waals surface area contributed by atoms with Crippen LogP contribution in [0.5, 0.6) is 11.5 Å². The van der Waals surface area contributed by atoms with Crippen molar-refractivity contribution in [2.24, 2.45) is 5.92 Å². The third-order valence-corrected chi connectivity index (χ3v) is 7.84. The van der Waals surface area contributed by atoms with Gasteiger partial charge in [-0.05, 0) is 63.1 Å². The molecule has 2 N–H and O–H groups in total. The summed E-state index contributed by atoms with van der Waals surface area (Å²) in [5.74, 6) is 1.36. The number of piperidine rings is 1. The summed E-state index contributed by atoms with van der Waals surface area (Å²) in [7, 11) is 0. The van der Waals surface area contributed by atoms with Crippen LogP contribution in [0, 0.1) is 5.92 Å². The first-order valence-corrected chi connectivity index (χ1v) is 10.1. The smallest absolute Gasteiger partial charge is 0.166 e. The van der Waals surface area contributed by atoms with Crippen molar-refractivity contribution >= 4 is 5.78 Å². The average Bonchev–Trinajstić information content (AvgIpc) is 3.36. The van der Waals surface area contributed by atoms with Crippen LogP contribution in [0.4, 0.5) is 0 Å². The van der Waals surface area contributed by atoms with Gasteiger partial charge >= 0.3 is 0 Å². The first kappa shape index (κ1) is 16.1. The lowest BCUT2D eigenvalue weighted by Gasteiger charge is -2.62. The number of likely N-dealkylation sites (tertiary alicyclic amines) is 1. The van der Waals surface area contributed by atoms with E-state index >= 15 is 0 Å². The molecule has 5 aliphatic rings. The SMILES string of the molecule is CC(=O)C1=CC[C@@]2(O)[C@H]3Cc4ccc(O)c5c4[C@@]2(CCN3CC2CC2)C1O5. The van der Waals surface area contributed by atoms with Crippen LogP contribution < -0.4 is 4.74 Å². The van der Waals surface area contributed by atoms with E-state index in [0.29, 0.717) is 17.7 Å². The standard InChI is InChI=1S/C22H25NO4/c1-12(24)15-6-7-22(26)17-10-14-4-5-16(25)19-18(14)21(22,20(15)27-19)8-9-23(17)11-13-2-3-13/h4-6,13,17,20,25-26H,2-3,7-11H2,1H3/t17-,20?,21+,22-/m1/s1. The molecule has 2 fully saturated rings. The molecule has 4 atom stereocenters. The maximum atomic E-state index is 12.4. The summed E-state index contributed by atoms with van der Waals surface area (Å²) in [6.07, 6.45) is 5.98. The van der Waals surface area contributed by atoms with E-state index in [1.807, 2.05) is 12.1 Å². The molecule has 2 bridgehead atoms. The fourth-order valence-electron chi connectivity index (χ4n) is 6.44. The van der Waals surface area contributed by atoms with Gasteiger partial charge in [-0.3, -0.25) is 9.69 Å². The number of hydrogen-bond donors (Lipinski definition) is 2. The molecule has 0 radical (unpaired) electrons. The lowest BCUT2D eigenvalue weighted by atomic mass is 9.49. The molecule has 6 rings (SSSR count). The van der Waals surface area contributed by atoms with Gasteiger partial charge in [0.1, 0.15) is 6.10 Å². The monoisotopic (exact) mass is 367 g/mol. The third kappa shape index (κ3) is 1.80. The lowest BCUT2D eigenvalue weighted by Crippen LogP contribution is -2.75. The molecule has 2 heterocycles. The lowest BCUT2D eigenvalue weighted by molar-refractivity contribution is -0.164. The van der Waals surface area contributed by atoms with Gasteiger partial charge < -0.3 is 14.9 Å². The number of aromatic hydroxyl groups is 1. The van der Waals surface area contributed by atoms with Gasteiger partial charge in [-0.2, -0.15) is 0 Å². The number of carbonyl (C=O) groups is 1. The second-order valence-corrected chi connectivity index (χ2v) is 9.17. The summed E-state index contributed by atoms with van der Waals surface area (Å²) in [5, 5.41) is 22.6. The molecule has 3 aliphatic carbocycles. The summed E-state index contributed by atoms with van der Waals surface area (Å²) in [4.78, 5) is 14.9. The first-order chi connectivity index (χ1) is 13.0. The molecule has 5 heteroatoms. The van der Waals surface area contributed by atoms with Crippen LogP contribution in [-0.4, -0.2) is 51.7 Å². The van der Waals surface area contributed by atoms with Crippen LogP contribution in [-0.2, 0) is 16.6 Å². The summed E-state index contributed by atoms with van der Waals surface area (Å²) < 4.78 is 6.26. The van der Waals surface area contributed by atoms with Crippen LogP contribution >= 0.6 is 0 Å². The van der Waals surface area contributed by atoms with Gasteiger partial charge in [-0.1, -0.05) is 12.1 Å². The molecular formula is C22H25NO4. The van der Waals surface area contributed by atoms with E-state index < -0.39 is 17.1 Å². The number of phenols is 1. The van der Waals surface area contributed by atoms with Crippen molar-refractivity contribution < 1.29 is 19.7 Å². The summed E-state index contributed by atoms with van der Waals surface area (Å²) in [5.41, 5.74) is 1.18. The Morgan fingerprint density at radius 1 is 1.37 bits per heavy atom. The Balaban J connectivity index is 1.59. The van der Waals surface area contributed by atoms with Gasteiger partial charge in [0.05, 0.1) is 11.0 Å². The van der Waals surface area contributed by atoms with E-state index in [4.69, 9.17) is 4.74 Å². The highest BCUT2D eigenvalue weighted by atomic mass is 16.5. The Labute approximate surface area is 158 Å². The highest BCUT2D eigenvalue weighted by Crippen LogP contribution is 2.65. The van der Waals surface area contributed by atoms with Gasteiger partial charge in [0.2, 0.25) is 0 Å². The zero-order chi connectivity index (χ0) is 18.6. The van der Waals surface area contributed by atoms with Crippen molar-refractivity contribution in [1.29, 1.82) is 0 Å². The molecule has 1 unspecified atom stereocenters. The van der Waals surface area contributed by atoms with Gasteiger partial charge in [-0.25, -0.2) is 0 Å².